The molecule has 1 aliphatic heterocycles. The number of halogens is 4. The van der Waals surface area contributed by atoms with Gasteiger partial charge in [0.25, 0.3) is 0 Å². The zero-order valence-corrected chi connectivity index (χ0v) is 10.3. The first-order valence-electron chi connectivity index (χ1n) is 5.09. The van der Waals surface area contributed by atoms with Crippen LogP contribution in [0.4, 0.5) is 13.2 Å². The Hall–Kier alpha value is -0.910. The predicted octanol–water partition coefficient (Wildman–Crippen LogP) is 3.85. The van der Waals surface area contributed by atoms with E-state index in [1.165, 1.54) is 18.2 Å². The van der Waals surface area contributed by atoms with E-state index in [9.17, 15) is 13.2 Å². The first kappa shape index (κ1) is 12.5. The van der Waals surface area contributed by atoms with Crippen LogP contribution >= 0.6 is 15.9 Å². The monoisotopic (exact) mass is 310 g/mol. The summed E-state index contributed by atoms with van der Waals surface area (Å²) in [6.07, 6.45) is -3.60. The number of benzene rings is 1. The lowest BCUT2D eigenvalue weighted by atomic mass is 10.1. The number of hydrogen-bond donors (Lipinski definition) is 0. The molecule has 0 radical (unpaired) electrons. The fraction of sp³-hybridized carbons (Fsp3) is 0.455. The van der Waals surface area contributed by atoms with Gasteiger partial charge in [0.2, 0.25) is 0 Å². The van der Waals surface area contributed by atoms with Gasteiger partial charge in [-0.1, -0.05) is 22.0 Å². The molecular formula is C11H10BrF3O2. The summed E-state index contributed by atoms with van der Waals surface area (Å²) in [6.45, 7) is 0.971. The molecule has 1 unspecified atom stereocenters. The Bertz CT molecular complexity index is 406. The van der Waals surface area contributed by atoms with Gasteiger partial charge in [-0.05, 0) is 17.7 Å². The van der Waals surface area contributed by atoms with Crippen molar-refractivity contribution in [3.63, 3.8) is 0 Å². The summed E-state index contributed by atoms with van der Waals surface area (Å²) in [4.78, 5) is -1.69. The molecule has 1 heterocycles. The first-order valence-corrected chi connectivity index (χ1v) is 6.00. The molecule has 1 aromatic rings. The third kappa shape index (κ3) is 2.86. The molecule has 6 heteroatoms. The highest BCUT2D eigenvalue weighted by Crippen LogP contribution is 2.42. The van der Waals surface area contributed by atoms with E-state index in [0.29, 0.717) is 24.7 Å². The van der Waals surface area contributed by atoms with Gasteiger partial charge in [0.1, 0.15) is 4.83 Å². The molecule has 0 aliphatic carbocycles. The fourth-order valence-electron chi connectivity index (χ4n) is 1.53. The second-order valence-electron chi connectivity index (χ2n) is 3.66. The number of rotatable bonds is 1. The maximum atomic E-state index is 12.5. The third-order valence-corrected chi connectivity index (χ3v) is 3.40. The molecule has 0 fully saturated rings. The van der Waals surface area contributed by atoms with E-state index >= 15 is 0 Å². The zero-order chi connectivity index (χ0) is 12.5. The largest absolute Gasteiger partial charge is 0.490 e. The second-order valence-corrected chi connectivity index (χ2v) is 4.58. The molecule has 1 aromatic carbocycles. The molecule has 0 amide bonds. The quantitative estimate of drug-likeness (QED) is 0.734. The van der Waals surface area contributed by atoms with Crippen LogP contribution in [0.25, 0.3) is 0 Å². The molecule has 1 atom stereocenters. The molecule has 2 rings (SSSR count). The van der Waals surface area contributed by atoms with Crippen molar-refractivity contribution in [3.05, 3.63) is 23.8 Å². The molecule has 17 heavy (non-hydrogen) atoms. The highest BCUT2D eigenvalue weighted by molar-refractivity contribution is 9.09. The average Bonchev–Trinajstić information content (AvgIpc) is 2.50. The van der Waals surface area contributed by atoms with Crippen molar-refractivity contribution in [1.29, 1.82) is 0 Å². The molecule has 0 N–H and O–H groups in total. The van der Waals surface area contributed by atoms with E-state index in [0.717, 1.165) is 6.42 Å². The van der Waals surface area contributed by atoms with Gasteiger partial charge >= 0.3 is 6.18 Å². The number of ether oxygens (including phenoxy) is 2. The SMILES string of the molecule is FC(F)(F)C(Br)c1ccc2c(c1)OCCCO2. The molecule has 0 saturated heterocycles. The van der Waals surface area contributed by atoms with Gasteiger partial charge in [-0.25, -0.2) is 0 Å². The van der Waals surface area contributed by atoms with Crippen LogP contribution in [0.5, 0.6) is 11.5 Å². The summed E-state index contributed by atoms with van der Waals surface area (Å²) in [5, 5.41) is 0. The summed E-state index contributed by atoms with van der Waals surface area (Å²) in [7, 11) is 0. The fourth-order valence-corrected chi connectivity index (χ4v) is 1.81. The van der Waals surface area contributed by atoms with Gasteiger partial charge in [-0.15, -0.1) is 0 Å². The van der Waals surface area contributed by atoms with E-state index in [2.05, 4.69) is 15.9 Å². The highest BCUT2D eigenvalue weighted by Gasteiger charge is 2.39. The maximum Gasteiger partial charge on any atom is 0.405 e. The van der Waals surface area contributed by atoms with Crippen molar-refractivity contribution in [2.45, 2.75) is 17.4 Å². The van der Waals surface area contributed by atoms with Crippen LogP contribution in [0.1, 0.15) is 16.8 Å². The number of alkyl halides is 4. The van der Waals surface area contributed by atoms with E-state index < -0.39 is 11.0 Å². The first-order chi connectivity index (χ1) is 7.98. The third-order valence-electron chi connectivity index (χ3n) is 2.35. The Labute approximate surface area is 105 Å². The minimum absolute atomic E-state index is 0.113. The topological polar surface area (TPSA) is 18.5 Å². The Balaban J connectivity index is 2.29. The minimum Gasteiger partial charge on any atom is -0.490 e. The van der Waals surface area contributed by atoms with E-state index in [4.69, 9.17) is 9.47 Å². The van der Waals surface area contributed by atoms with E-state index in [1.807, 2.05) is 0 Å². The van der Waals surface area contributed by atoms with Gasteiger partial charge in [-0.3, -0.25) is 0 Å². The molecule has 94 valence electrons. The van der Waals surface area contributed by atoms with Crippen LogP contribution < -0.4 is 9.47 Å². The summed E-state index contributed by atoms with van der Waals surface area (Å²) in [5.74, 6) is 0.863. The number of hydrogen-bond acceptors (Lipinski definition) is 2. The molecular weight excluding hydrogens is 301 g/mol. The highest BCUT2D eigenvalue weighted by atomic mass is 79.9. The molecule has 2 nitrogen and oxygen atoms in total. The van der Waals surface area contributed by atoms with Crippen LogP contribution in [0.15, 0.2) is 18.2 Å². The summed E-state index contributed by atoms with van der Waals surface area (Å²) < 4.78 is 48.3. The lowest BCUT2D eigenvalue weighted by Crippen LogP contribution is -2.15. The normalized spacial score (nSPS) is 17.4. The van der Waals surface area contributed by atoms with Crippen LogP contribution in [0.3, 0.4) is 0 Å². The van der Waals surface area contributed by atoms with Crippen LogP contribution in [-0.4, -0.2) is 19.4 Å². The average molecular weight is 311 g/mol. The van der Waals surface area contributed by atoms with E-state index in [-0.39, 0.29) is 5.56 Å². The Morgan fingerprint density at radius 1 is 1.12 bits per heavy atom. The summed E-state index contributed by atoms with van der Waals surface area (Å²) in [6, 6.07) is 4.27. The van der Waals surface area contributed by atoms with Crippen molar-refractivity contribution in [1.82, 2.24) is 0 Å². The van der Waals surface area contributed by atoms with Crippen molar-refractivity contribution in [2.75, 3.05) is 13.2 Å². The number of fused-ring (bicyclic) bond motifs is 1. The van der Waals surface area contributed by atoms with Crippen LogP contribution in [0.2, 0.25) is 0 Å². The molecule has 0 saturated carbocycles. The van der Waals surface area contributed by atoms with Gasteiger partial charge < -0.3 is 9.47 Å². The van der Waals surface area contributed by atoms with Gasteiger partial charge in [0.05, 0.1) is 13.2 Å². The standard InChI is InChI=1S/C11H10BrF3O2/c12-10(11(13,14)15)7-2-3-8-9(6-7)17-5-1-4-16-8/h2-3,6,10H,1,4-5H2. The molecule has 0 bridgehead atoms. The van der Waals surface area contributed by atoms with Crippen molar-refractivity contribution in [3.8, 4) is 11.5 Å². The van der Waals surface area contributed by atoms with Crippen molar-refractivity contribution in [2.24, 2.45) is 0 Å². The van der Waals surface area contributed by atoms with Gasteiger partial charge in [0, 0.05) is 6.42 Å². The van der Waals surface area contributed by atoms with Crippen molar-refractivity contribution < 1.29 is 22.6 Å². The minimum atomic E-state index is -4.32. The predicted molar refractivity (Wildman–Crippen MR) is 59.8 cm³/mol. The zero-order valence-electron chi connectivity index (χ0n) is 8.76. The van der Waals surface area contributed by atoms with Gasteiger partial charge in [0.15, 0.2) is 11.5 Å². The maximum absolute atomic E-state index is 12.5. The van der Waals surface area contributed by atoms with Gasteiger partial charge in [-0.2, -0.15) is 13.2 Å². The van der Waals surface area contributed by atoms with E-state index in [1.54, 1.807) is 0 Å². The Morgan fingerprint density at radius 2 is 1.76 bits per heavy atom. The Kier molecular flexibility index (Phi) is 3.51. The Morgan fingerprint density at radius 3 is 2.41 bits per heavy atom. The molecule has 1 aliphatic rings. The second kappa shape index (κ2) is 4.76. The summed E-state index contributed by atoms with van der Waals surface area (Å²) in [5.41, 5.74) is 0.113. The lowest BCUT2D eigenvalue weighted by molar-refractivity contribution is -0.128. The summed E-state index contributed by atoms with van der Waals surface area (Å²) >= 11 is 2.63. The lowest BCUT2D eigenvalue weighted by Gasteiger charge is -2.16. The van der Waals surface area contributed by atoms with Crippen molar-refractivity contribution >= 4 is 15.9 Å². The molecule has 0 aromatic heterocycles. The smallest absolute Gasteiger partial charge is 0.405 e. The molecule has 0 spiro atoms. The van der Waals surface area contributed by atoms with Crippen LogP contribution in [-0.2, 0) is 0 Å². The van der Waals surface area contributed by atoms with Crippen LogP contribution in [0, 0.1) is 0 Å².